The molecule has 166 valence electrons. The van der Waals surface area contributed by atoms with Crippen LogP contribution in [0.1, 0.15) is 27.2 Å². The summed E-state index contributed by atoms with van der Waals surface area (Å²) in [7, 11) is -1.98. The van der Waals surface area contributed by atoms with Crippen molar-refractivity contribution in [2.45, 2.75) is 26.1 Å². The van der Waals surface area contributed by atoms with Crippen LogP contribution in [-0.2, 0) is 27.8 Å². The number of methoxy groups -OCH3 is 1. The average Bonchev–Trinajstić information content (AvgIpc) is 3.15. The first-order chi connectivity index (χ1) is 15.4. The first-order valence-corrected chi connectivity index (χ1v) is 11.7. The number of fused-ring (bicyclic) bond motifs is 1. The second-order valence-corrected chi connectivity index (χ2v) is 9.66. The van der Waals surface area contributed by atoms with Crippen LogP contribution in [0.15, 0.2) is 42.5 Å². The molecule has 0 N–H and O–H groups in total. The molecule has 0 amide bonds. The highest BCUT2D eigenvalue weighted by Gasteiger charge is 2.33. The fourth-order valence-corrected chi connectivity index (χ4v) is 5.22. The molecule has 1 atom stereocenters. The van der Waals surface area contributed by atoms with Gasteiger partial charge in [0.05, 0.1) is 19.8 Å². The maximum absolute atomic E-state index is 12.6. The number of hydrogen-bond donors (Lipinski definition) is 0. The summed E-state index contributed by atoms with van der Waals surface area (Å²) >= 11 is 0. The summed E-state index contributed by atoms with van der Waals surface area (Å²) in [6, 6.07) is 14.7. The molecule has 0 saturated carbocycles. The van der Waals surface area contributed by atoms with Crippen LogP contribution in [0, 0.1) is 18.3 Å². The van der Waals surface area contributed by atoms with Gasteiger partial charge in [0.25, 0.3) is 0 Å². The molecule has 0 radical (unpaired) electrons. The van der Waals surface area contributed by atoms with Crippen molar-refractivity contribution in [1.82, 2.24) is 8.87 Å². The number of hydrogen-bond acceptors (Lipinski definition) is 6. The number of aromatic nitrogens is 1. The molecule has 1 fully saturated rings. The molecule has 9 heteroatoms. The van der Waals surface area contributed by atoms with Gasteiger partial charge in [-0.15, -0.1) is 0 Å². The van der Waals surface area contributed by atoms with Crippen molar-refractivity contribution < 1.29 is 22.7 Å². The predicted octanol–water partition coefficient (Wildman–Crippen LogP) is 2.83. The Morgan fingerprint density at radius 3 is 2.66 bits per heavy atom. The zero-order valence-electron chi connectivity index (χ0n) is 17.8. The first kappa shape index (κ1) is 22.0. The monoisotopic (exact) mass is 453 g/mol. The maximum atomic E-state index is 12.6. The van der Waals surface area contributed by atoms with Crippen molar-refractivity contribution in [2.75, 3.05) is 19.6 Å². The largest absolute Gasteiger partial charge is 0.497 e. The lowest BCUT2D eigenvalue weighted by molar-refractivity contribution is 0.0358. The van der Waals surface area contributed by atoms with Gasteiger partial charge in [-0.1, -0.05) is 12.1 Å². The minimum absolute atomic E-state index is 0.171. The van der Waals surface area contributed by atoms with Crippen LogP contribution in [0.2, 0.25) is 0 Å². The van der Waals surface area contributed by atoms with E-state index in [9.17, 15) is 18.5 Å². The number of carbonyl (C=O) groups excluding carboxylic acids is 1. The molecule has 1 unspecified atom stereocenters. The number of nitriles is 1. The lowest BCUT2D eigenvalue weighted by Gasteiger charge is -2.32. The van der Waals surface area contributed by atoms with Gasteiger partial charge in [-0.3, -0.25) is 4.79 Å². The van der Waals surface area contributed by atoms with Gasteiger partial charge in [-0.2, -0.15) is 9.57 Å². The third-order valence-electron chi connectivity index (χ3n) is 5.80. The number of ether oxygens (including phenoxy) is 2. The molecule has 3 aromatic rings. The summed E-state index contributed by atoms with van der Waals surface area (Å²) in [4.78, 5) is 11.3. The Labute approximate surface area is 186 Å². The summed E-state index contributed by atoms with van der Waals surface area (Å²) in [5.74, 6) is 0.288. The lowest BCUT2D eigenvalue weighted by atomic mass is 10.1. The van der Waals surface area contributed by atoms with Gasteiger partial charge in [0.15, 0.2) is 5.94 Å². The first-order valence-electron chi connectivity index (χ1n) is 10.1. The second kappa shape index (κ2) is 8.74. The van der Waals surface area contributed by atoms with E-state index in [1.807, 2.05) is 29.7 Å². The number of nitrogens with zero attached hydrogens (tertiary/aromatic N) is 3. The van der Waals surface area contributed by atoms with E-state index in [0.717, 1.165) is 28.3 Å². The van der Waals surface area contributed by atoms with Crippen molar-refractivity contribution in [3.05, 3.63) is 64.8 Å². The molecule has 0 bridgehead atoms. The molecule has 1 aliphatic rings. The summed E-state index contributed by atoms with van der Waals surface area (Å²) in [5, 5.41) is 10.5. The standard InChI is InChI=1S/C23H23N3O5S/c1-16-18(14-27)5-8-23-22(16)9-19(10-24)26(23)13-21-12-25(32(28,29)15-31-21)11-17-3-6-20(30-2)7-4-17/h3-9,14,21H,11-13,15H2,1-2H3. The van der Waals surface area contributed by atoms with E-state index < -0.39 is 22.1 Å². The molecule has 2 heterocycles. The van der Waals surface area contributed by atoms with Crippen molar-refractivity contribution >= 4 is 27.2 Å². The molecule has 1 aliphatic heterocycles. The van der Waals surface area contributed by atoms with Crippen LogP contribution >= 0.6 is 0 Å². The fraction of sp³-hybridized carbons (Fsp3) is 0.304. The highest BCUT2D eigenvalue weighted by Crippen LogP contribution is 2.27. The molecule has 8 nitrogen and oxygen atoms in total. The summed E-state index contributed by atoms with van der Waals surface area (Å²) in [5.41, 5.74) is 3.47. The topological polar surface area (TPSA) is 102 Å². The molecule has 2 aromatic carbocycles. The van der Waals surface area contributed by atoms with Crippen LogP contribution in [0.3, 0.4) is 0 Å². The minimum Gasteiger partial charge on any atom is -0.497 e. The number of sulfonamides is 1. The van der Waals surface area contributed by atoms with Crippen molar-refractivity contribution in [1.29, 1.82) is 5.26 Å². The van der Waals surface area contributed by atoms with Gasteiger partial charge in [0.2, 0.25) is 10.0 Å². The number of carbonyl (C=O) groups is 1. The van der Waals surface area contributed by atoms with E-state index in [0.29, 0.717) is 23.6 Å². The van der Waals surface area contributed by atoms with E-state index in [1.54, 1.807) is 31.4 Å². The molecule has 0 spiro atoms. The summed E-state index contributed by atoms with van der Waals surface area (Å²) in [6.45, 7) is 2.56. The SMILES string of the molecule is COc1ccc(CN2CC(Cn3c(C#N)cc4c(C)c(C=O)ccc43)OCS2(=O)=O)cc1. The van der Waals surface area contributed by atoms with E-state index >= 15 is 0 Å². The van der Waals surface area contributed by atoms with Crippen LogP contribution in [-0.4, -0.2) is 49.3 Å². The number of benzene rings is 2. The zero-order valence-corrected chi connectivity index (χ0v) is 18.6. The minimum atomic E-state index is -3.56. The normalized spacial score (nSPS) is 18.3. The molecular weight excluding hydrogens is 430 g/mol. The van der Waals surface area contributed by atoms with Crippen LogP contribution < -0.4 is 4.74 Å². The van der Waals surface area contributed by atoms with Gasteiger partial charge in [-0.25, -0.2) is 8.42 Å². The third-order valence-corrected chi connectivity index (χ3v) is 7.29. The lowest BCUT2D eigenvalue weighted by Crippen LogP contribution is -2.47. The van der Waals surface area contributed by atoms with Crippen molar-refractivity contribution in [3.63, 3.8) is 0 Å². The van der Waals surface area contributed by atoms with E-state index in [1.165, 1.54) is 4.31 Å². The molecule has 32 heavy (non-hydrogen) atoms. The maximum Gasteiger partial charge on any atom is 0.238 e. The van der Waals surface area contributed by atoms with Gasteiger partial charge in [0.1, 0.15) is 23.8 Å². The second-order valence-electron chi connectivity index (χ2n) is 7.74. The van der Waals surface area contributed by atoms with Crippen LogP contribution in [0.4, 0.5) is 0 Å². The zero-order chi connectivity index (χ0) is 22.9. The van der Waals surface area contributed by atoms with Gasteiger partial charge < -0.3 is 14.0 Å². The van der Waals surface area contributed by atoms with Crippen molar-refractivity contribution in [3.8, 4) is 11.8 Å². The summed E-state index contributed by atoms with van der Waals surface area (Å²) in [6.07, 6.45) is 0.371. The highest BCUT2D eigenvalue weighted by atomic mass is 32.2. The quantitative estimate of drug-likeness (QED) is 0.532. The smallest absolute Gasteiger partial charge is 0.238 e. The fourth-order valence-electron chi connectivity index (χ4n) is 3.97. The number of rotatable bonds is 6. The molecule has 1 saturated heterocycles. The third kappa shape index (κ3) is 4.12. The van der Waals surface area contributed by atoms with Crippen LogP contribution in [0.25, 0.3) is 10.9 Å². The van der Waals surface area contributed by atoms with Gasteiger partial charge in [-0.05, 0) is 48.4 Å². The Hall–Kier alpha value is -3.19. The Morgan fingerprint density at radius 1 is 1.25 bits per heavy atom. The van der Waals surface area contributed by atoms with E-state index in [4.69, 9.17) is 9.47 Å². The average molecular weight is 454 g/mol. The van der Waals surface area contributed by atoms with Crippen LogP contribution in [0.5, 0.6) is 5.75 Å². The van der Waals surface area contributed by atoms with E-state index in [2.05, 4.69) is 6.07 Å². The van der Waals surface area contributed by atoms with Gasteiger partial charge >= 0.3 is 0 Å². The number of aryl methyl sites for hydroxylation is 1. The predicted molar refractivity (Wildman–Crippen MR) is 119 cm³/mol. The highest BCUT2D eigenvalue weighted by molar-refractivity contribution is 7.88. The molecule has 1 aromatic heterocycles. The molecular formula is C23H23N3O5S. The Bertz CT molecular complexity index is 1310. The van der Waals surface area contributed by atoms with E-state index in [-0.39, 0.29) is 13.1 Å². The number of aldehydes is 1. The van der Waals surface area contributed by atoms with Gasteiger partial charge in [0, 0.05) is 29.6 Å². The molecule has 4 rings (SSSR count). The Kier molecular flexibility index (Phi) is 6.02. The summed E-state index contributed by atoms with van der Waals surface area (Å²) < 4.78 is 39.2. The Morgan fingerprint density at radius 2 is 2.00 bits per heavy atom. The molecule has 0 aliphatic carbocycles. The Balaban J connectivity index is 1.59. The van der Waals surface area contributed by atoms with Crippen molar-refractivity contribution in [2.24, 2.45) is 0 Å².